The normalized spacial score (nSPS) is 19.2. The molecule has 0 saturated carbocycles. The number of halogens is 1. The van der Waals surface area contributed by atoms with Crippen molar-refractivity contribution in [2.75, 3.05) is 4.90 Å². The van der Waals surface area contributed by atoms with Gasteiger partial charge in [0.25, 0.3) is 0 Å². The Hall–Kier alpha value is -2.94. The third kappa shape index (κ3) is 3.94. The maximum atomic E-state index is 13.1. The summed E-state index contributed by atoms with van der Waals surface area (Å²) in [5.74, 6) is -1.50. The molecule has 25 heavy (non-hydrogen) atoms. The summed E-state index contributed by atoms with van der Waals surface area (Å²) in [7, 11) is 0. The van der Waals surface area contributed by atoms with Gasteiger partial charge in [-0.05, 0) is 36.4 Å². The minimum absolute atomic E-state index is 0.214. The molecule has 1 saturated heterocycles. The predicted octanol–water partition coefficient (Wildman–Crippen LogP) is 2.73. The van der Waals surface area contributed by atoms with Crippen LogP contribution in [0.4, 0.5) is 10.1 Å². The number of aliphatic carboxylic acids is 1. The lowest BCUT2D eigenvalue weighted by Crippen LogP contribution is -2.32. The molecule has 2 aromatic rings. The molecular formula is C16H12FN3O4S. The Morgan fingerprint density at radius 1 is 1.36 bits per heavy atom. The van der Waals surface area contributed by atoms with E-state index in [1.807, 2.05) is 0 Å². The zero-order valence-electron chi connectivity index (χ0n) is 12.7. The highest BCUT2D eigenvalue weighted by Gasteiger charge is 2.40. The molecule has 0 bridgehead atoms. The van der Waals surface area contributed by atoms with Crippen molar-refractivity contribution < 1.29 is 23.5 Å². The SMILES string of the molecule is O=C(O)C[C@H]1S/C(=N\N=C/c2ccco2)N(c2ccc(F)cc2)C1=O. The van der Waals surface area contributed by atoms with E-state index in [2.05, 4.69) is 10.2 Å². The smallest absolute Gasteiger partial charge is 0.305 e. The number of nitrogens with zero attached hydrogens (tertiary/aromatic N) is 3. The summed E-state index contributed by atoms with van der Waals surface area (Å²) in [5.41, 5.74) is 0.388. The number of furan rings is 1. The monoisotopic (exact) mass is 361 g/mol. The van der Waals surface area contributed by atoms with E-state index >= 15 is 0 Å². The molecule has 1 fully saturated rings. The van der Waals surface area contributed by atoms with E-state index in [9.17, 15) is 14.0 Å². The lowest BCUT2D eigenvalue weighted by molar-refractivity contribution is -0.138. The number of thioether (sulfide) groups is 1. The van der Waals surface area contributed by atoms with E-state index in [1.165, 1.54) is 41.6 Å². The molecule has 1 atom stereocenters. The van der Waals surface area contributed by atoms with E-state index in [0.29, 0.717) is 11.4 Å². The van der Waals surface area contributed by atoms with Gasteiger partial charge < -0.3 is 9.52 Å². The second-order valence-electron chi connectivity index (χ2n) is 5.00. The molecular weight excluding hydrogens is 349 g/mol. The second kappa shape index (κ2) is 7.31. The maximum Gasteiger partial charge on any atom is 0.305 e. The predicted molar refractivity (Wildman–Crippen MR) is 91.3 cm³/mol. The molecule has 128 valence electrons. The fourth-order valence-corrected chi connectivity index (χ4v) is 3.23. The summed E-state index contributed by atoms with van der Waals surface area (Å²) in [5, 5.41) is 16.2. The van der Waals surface area contributed by atoms with E-state index < -0.39 is 22.9 Å². The molecule has 0 spiro atoms. The van der Waals surface area contributed by atoms with Gasteiger partial charge in [-0.2, -0.15) is 5.10 Å². The van der Waals surface area contributed by atoms with Gasteiger partial charge in [0.15, 0.2) is 5.17 Å². The number of benzene rings is 1. The molecule has 0 radical (unpaired) electrons. The van der Waals surface area contributed by atoms with Gasteiger partial charge in [-0.1, -0.05) is 11.8 Å². The average molecular weight is 361 g/mol. The Morgan fingerprint density at radius 3 is 2.76 bits per heavy atom. The van der Waals surface area contributed by atoms with E-state index in [-0.39, 0.29) is 11.6 Å². The maximum absolute atomic E-state index is 13.1. The van der Waals surface area contributed by atoms with Crippen LogP contribution in [0.5, 0.6) is 0 Å². The number of rotatable bonds is 5. The van der Waals surface area contributed by atoms with Gasteiger partial charge in [0.1, 0.15) is 16.8 Å². The zero-order chi connectivity index (χ0) is 17.8. The lowest BCUT2D eigenvalue weighted by Gasteiger charge is -2.15. The van der Waals surface area contributed by atoms with Gasteiger partial charge >= 0.3 is 5.97 Å². The number of amides is 1. The average Bonchev–Trinajstić information content (AvgIpc) is 3.18. The summed E-state index contributed by atoms with van der Waals surface area (Å²) >= 11 is 0.999. The first-order valence-corrected chi connectivity index (χ1v) is 8.05. The molecule has 1 aliphatic rings. The molecule has 1 aliphatic heterocycles. The fourth-order valence-electron chi connectivity index (χ4n) is 2.15. The standard InChI is InChI=1S/C16H12FN3O4S/c17-10-3-5-11(6-4-10)20-15(23)13(8-14(21)22)25-16(20)19-18-9-12-2-1-7-24-12/h1-7,9,13H,8H2,(H,21,22)/b18-9-,19-16-/t13-/m1/s1. The largest absolute Gasteiger partial charge is 0.481 e. The van der Waals surface area contributed by atoms with Crippen LogP contribution in [0.25, 0.3) is 0 Å². The first kappa shape index (κ1) is 16.9. The number of anilines is 1. The summed E-state index contributed by atoms with van der Waals surface area (Å²) in [6.07, 6.45) is 2.50. The highest BCUT2D eigenvalue weighted by molar-refractivity contribution is 8.16. The third-order valence-corrected chi connectivity index (χ3v) is 4.38. The van der Waals surface area contributed by atoms with Crippen molar-refractivity contribution in [2.45, 2.75) is 11.7 Å². The van der Waals surface area contributed by atoms with E-state index in [0.717, 1.165) is 11.8 Å². The minimum atomic E-state index is -1.09. The molecule has 1 N–H and O–H groups in total. The van der Waals surface area contributed by atoms with Crippen LogP contribution in [-0.4, -0.2) is 33.6 Å². The van der Waals surface area contributed by atoms with Crippen molar-refractivity contribution in [3.05, 3.63) is 54.2 Å². The van der Waals surface area contributed by atoms with Crippen LogP contribution in [0.1, 0.15) is 12.2 Å². The van der Waals surface area contributed by atoms with Crippen LogP contribution < -0.4 is 4.90 Å². The number of amidine groups is 1. The highest BCUT2D eigenvalue weighted by Crippen LogP contribution is 2.33. The van der Waals surface area contributed by atoms with Crippen LogP contribution in [0.15, 0.2) is 57.3 Å². The number of carboxylic acid groups (broad SMARTS) is 1. The van der Waals surface area contributed by atoms with Crippen LogP contribution in [0, 0.1) is 5.82 Å². The highest BCUT2D eigenvalue weighted by atomic mass is 32.2. The zero-order valence-corrected chi connectivity index (χ0v) is 13.5. The summed E-state index contributed by atoms with van der Waals surface area (Å²) in [4.78, 5) is 24.7. The summed E-state index contributed by atoms with van der Waals surface area (Å²) < 4.78 is 18.2. The van der Waals surface area contributed by atoms with Gasteiger partial charge in [-0.25, -0.2) is 4.39 Å². The van der Waals surface area contributed by atoms with Crippen LogP contribution in [-0.2, 0) is 9.59 Å². The van der Waals surface area contributed by atoms with Crippen molar-refractivity contribution in [3.8, 4) is 0 Å². The van der Waals surface area contributed by atoms with E-state index in [1.54, 1.807) is 12.1 Å². The Balaban J connectivity index is 1.90. The molecule has 3 rings (SSSR count). The number of hydrogen-bond donors (Lipinski definition) is 1. The quantitative estimate of drug-likeness (QED) is 0.653. The number of carbonyl (C=O) groups excluding carboxylic acids is 1. The Bertz CT molecular complexity index is 834. The molecule has 2 heterocycles. The second-order valence-corrected chi connectivity index (χ2v) is 6.17. The number of carboxylic acids is 1. The molecule has 0 unspecified atom stereocenters. The number of hydrogen-bond acceptors (Lipinski definition) is 6. The van der Waals surface area contributed by atoms with Crippen molar-refractivity contribution in [1.29, 1.82) is 0 Å². The topological polar surface area (TPSA) is 95.5 Å². The molecule has 9 heteroatoms. The van der Waals surface area contributed by atoms with Crippen molar-refractivity contribution in [2.24, 2.45) is 10.2 Å². The van der Waals surface area contributed by atoms with E-state index in [4.69, 9.17) is 9.52 Å². The van der Waals surface area contributed by atoms with Crippen molar-refractivity contribution >= 4 is 40.7 Å². The first-order chi connectivity index (χ1) is 12.0. The van der Waals surface area contributed by atoms with Gasteiger partial charge in [0.05, 0.1) is 24.6 Å². The van der Waals surface area contributed by atoms with Gasteiger partial charge in [0.2, 0.25) is 5.91 Å². The third-order valence-electron chi connectivity index (χ3n) is 3.25. The lowest BCUT2D eigenvalue weighted by atomic mass is 10.2. The van der Waals surface area contributed by atoms with Crippen LogP contribution >= 0.6 is 11.8 Å². The first-order valence-electron chi connectivity index (χ1n) is 7.17. The molecule has 7 nitrogen and oxygen atoms in total. The Morgan fingerprint density at radius 2 is 2.12 bits per heavy atom. The van der Waals surface area contributed by atoms with Gasteiger partial charge in [0, 0.05) is 0 Å². The minimum Gasteiger partial charge on any atom is -0.481 e. The molecule has 1 aromatic carbocycles. The van der Waals surface area contributed by atoms with Crippen molar-refractivity contribution in [1.82, 2.24) is 0 Å². The Kier molecular flexibility index (Phi) is 4.94. The molecule has 1 amide bonds. The fraction of sp³-hybridized carbons (Fsp3) is 0.125. The van der Waals surface area contributed by atoms with Crippen LogP contribution in [0.2, 0.25) is 0 Å². The Labute approximate surface area is 145 Å². The molecule has 0 aliphatic carbocycles. The summed E-state index contributed by atoms with van der Waals surface area (Å²) in [6, 6.07) is 8.63. The summed E-state index contributed by atoms with van der Waals surface area (Å²) in [6.45, 7) is 0. The number of carbonyl (C=O) groups is 2. The molecule has 1 aromatic heterocycles. The van der Waals surface area contributed by atoms with Crippen LogP contribution in [0.3, 0.4) is 0 Å². The van der Waals surface area contributed by atoms with Gasteiger partial charge in [-0.15, -0.1) is 5.10 Å². The van der Waals surface area contributed by atoms with Gasteiger partial charge in [-0.3, -0.25) is 14.5 Å². The van der Waals surface area contributed by atoms with Crippen molar-refractivity contribution in [3.63, 3.8) is 0 Å².